The molecule has 4 nitrogen and oxygen atoms in total. The van der Waals surface area contributed by atoms with Gasteiger partial charge in [0.2, 0.25) is 0 Å². The van der Waals surface area contributed by atoms with Gasteiger partial charge in [-0.3, -0.25) is 4.98 Å². The van der Waals surface area contributed by atoms with Crippen LogP contribution in [-0.4, -0.2) is 22.5 Å². The van der Waals surface area contributed by atoms with E-state index >= 15 is 0 Å². The molecule has 0 bridgehead atoms. The van der Waals surface area contributed by atoms with Crippen molar-refractivity contribution in [2.24, 2.45) is 0 Å². The third kappa shape index (κ3) is 2.38. The predicted octanol–water partition coefficient (Wildman–Crippen LogP) is 2.83. The Labute approximate surface area is 107 Å². The fourth-order valence-corrected chi connectivity index (χ4v) is 2.38. The second kappa shape index (κ2) is 5.22. The lowest BCUT2D eigenvalue weighted by molar-refractivity contribution is 0.0519. The van der Waals surface area contributed by atoms with Gasteiger partial charge in [0.15, 0.2) is 11.5 Å². The zero-order valence-electron chi connectivity index (χ0n) is 9.94. The molecule has 2 heterocycles. The third-order valence-corrected chi connectivity index (χ3v) is 3.27. The molecule has 0 saturated heterocycles. The van der Waals surface area contributed by atoms with Crippen molar-refractivity contribution in [3.8, 4) is 10.6 Å². The Morgan fingerprint density at radius 3 is 3.00 bits per heavy atom. The number of hydrogen-bond donors (Lipinski definition) is 0. The number of ether oxygens (including phenoxy) is 1. The van der Waals surface area contributed by atoms with E-state index in [-0.39, 0.29) is 12.3 Å². The van der Waals surface area contributed by atoms with Crippen LogP contribution >= 0.6 is 11.3 Å². The highest BCUT2D eigenvalue weighted by atomic mass is 32.1. The Kier molecular flexibility index (Phi) is 3.66. The van der Waals surface area contributed by atoms with Crippen LogP contribution in [0.3, 0.4) is 0 Å². The Bertz CT molecular complexity index is 583. The molecule has 0 unspecified atom stereocenters. The van der Waals surface area contributed by atoms with E-state index in [1.807, 2.05) is 0 Å². The van der Waals surface area contributed by atoms with Gasteiger partial charge in [0, 0.05) is 16.6 Å². The number of hydrogen-bond acceptors (Lipinski definition) is 5. The minimum atomic E-state index is -0.480. The van der Waals surface area contributed by atoms with Crippen LogP contribution in [0, 0.1) is 12.7 Å². The van der Waals surface area contributed by atoms with E-state index in [1.54, 1.807) is 13.8 Å². The van der Waals surface area contributed by atoms with Gasteiger partial charge in [-0.05, 0) is 19.9 Å². The van der Waals surface area contributed by atoms with E-state index in [9.17, 15) is 9.18 Å². The van der Waals surface area contributed by atoms with Crippen molar-refractivity contribution < 1.29 is 13.9 Å². The number of carbonyl (C=O) groups excluding carboxylic acids is 1. The highest BCUT2D eigenvalue weighted by molar-refractivity contribution is 7.15. The van der Waals surface area contributed by atoms with Crippen molar-refractivity contribution in [3.05, 3.63) is 34.8 Å². The van der Waals surface area contributed by atoms with Crippen molar-refractivity contribution in [2.45, 2.75) is 13.8 Å². The number of halogens is 1. The molecule has 6 heteroatoms. The van der Waals surface area contributed by atoms with Gasteiger partial charge < -0.3 is 4.74 Å². The van der Waals surface area contributed by atoms with Crippen LogP contribution in [-0.2, 0) is 4.74 Å². The van der Waals surface area contributed by atoms with Gasteiger partial charge >= 0.3 is 5.97 Å². The fraction of sp³-hybridized carbons (Fsp3) is 0.250. The molecule has 2 aromatic heterocycles. The van der Waals surface area contributed by atoms with Gasteiger partial charge in [-0.1, -0.05) is 0 Å². The van der Waals surface area contributed by atoms with E-state index in [2.05, 4.69) is 9.97 Å². The van der Waals surface area contributed by atoms with Crippen LogP contribution in [0.2, 0.25) is 0 Å². The molecule has 0 radical (unpaired) electrons. The average molecular weight is 266 g/mol. The number of nitrogens with zero attached hydrogens (tertiary/aromatic N) is 2. The summed E-state index contributed by atoms with van der Waals surface area (Å²) in [5.74, 6) is -0.936. The van der Waals surface area contributed by atoms with Crippen molar-refractivity contribution >= 4 is 17.3 Å². The van der Waals surface area contributed by atoms with Crippen molar-refractivity contribution in [1.82, 2.24) is 9.97 Å². The number of aryl methyl sites for hydroxylation is 1. The maximum atomic E-state index is 13.6. The molecule has 2 aromatic rings. The zero-order valence-corrected chi connectivity index (χ0v) is 10.8. The lowest BCUT2D eigenvalue weighted by Gasteiger charge is -1.98. The molecule has 0 aliphatic heterocycles. The maximum absolute atomic E-state index is 13.6. The van der Waals surface area contributed by atoms with Crippen molar-refractivity contribution in [1.29, 1.82) is 0 Å². The van der Waals surface area contributed by atoms with Gasteiger partial charge in [-0.2, -0.15) is 0 Å². The first kappa shape index (κ1) is 12.6. The van der Waals surface area contributed by atoms with E-state index in [1.165, 1.54) is 23.6 Å². The summed E-state index contributed by atoms with van der Waals surface area (Å²) in [4.78, 5) is 20.1. The second-order valence-electron chi connectivity index (χ2n) is 3.50. The van der Waals surface area contributed by atoms with Gasteiger partial charge in [-0.15, -0.1) is 11.3 Å². The lowest BCUT2D eigenvalue weighted by atomic mass is 10.3. The SMILES string of the molecule is CCOC(=O)c1nc(-c2ccncc2F)sc1C. The minimum absolute atomic E-state index is 0.244. The van der Waals surface area contributed by atoms with Gasteiger partial charge in [0.25, 0.3) is 0 Å². The standard InChI is InChI=1S/C12H11FN2O2S/c1-3-17-12(16)10-7(2)18-11(15-10)8-4-5-14-6-9(8)13/h4-6H,3H2,1-2H3. The number of pyridine rings is 1. The number of carbonyl (C=O) groups is 1. The van der Waals surface area contributed by atoms with E-state index < -0.39 is 11.8 Å². The third-order valence-electron chi connectivity index (χ3n) is 2.27. The molecule has 0 aromatic carbocycles. The highest BCUT2D eigenvalue weighted by Gasteiger charge is 2.18. The first-order valence-electron chi connectivity index (χ1n) is 5.38. The van der Waals surface area contributed by atoms with E-state index in [0.717, 1.165) is 6.20 Å². The van der Waals surface area contributed by atoms with Crippen LogP contribution in [0.15, 0.2) is 18.5 Å². The highest BCUT2D eigenvalue weighted by Crippen LogP contribution is 2.29. The zero-order chi connectivity index (χ0) is 13.1. The Morgan fingerprint density at radius 1 is 1.56 bits per heavy atom. The number of esters is 1. The molecular weight excluding hydrogens is 255 g/mol. The molecule has 0 amide bonds. The molecule has 2 rings (SSSR count). The Hall–Kier alpha value is -1.82. The summed E-state index contributed by atoms with van der Waals surface area (Å²) in [5.41, 5.74) is 0.585. The molecule has 94 valence electrons. The summed E-state index contributed by atoms with van der Waals surface area (Å²) >= 11 is 1.26. The van der Waals surface area contributed by atoms with Crippen LogP contribution < -0.4 is 0 Å². The summed E-state index contributed by atoms with van der Waals surface area (Å²) in [6.07, 6.45) is 2.61. The van der Waals surface area contributed by atoms with Crippen LogP contribution in [0.1, 0.15) is 22.3 Å². The molecule has 0 N–H and O–H groups in total. The van der Waals surface area contributed by atoms with Crippen molar-refractivity contribution in [3.63, 3.8) is 0 Å². The molecule has 0 aliphatic carbocycles. The Morgan fingerprint density at radius 2 is 2.33 bits per heavy atom. The van der Waals surface area contributed by atoms with Gasteiger partial charge in [0.1, 0.15) is 5.01 Å². The van der Waals surface area contributed by atoms with Gasteiger partial charge in [-0.25, -0.2) is 14.2 Å². The van der Waals surface area contributed by atoms with Crippen LogP contribution in [0.5, 0.6) is 0 Å². The fourth-order valence-electron chi connectivity index (χ4n) is 1.45. The number of aromatic nitrogens is 2. The molecular formula is C12H11FN2O2S. The summed E-state index contributed by atoms with van der Waals surface area (Å²) in [6.45, 7) is 3.77. The maximum Gasteiger partial charge on any atom is 0.358 e. The van der Waals surface area contributed by atoms with Crippen LogP contribution in [0.25, 0.3) is 10.6 Å². The molecule has 0 atom stereocenters. The Balaban J connectivity index is 2.41. The molecule has 0 spiro atoms. The van der Waals surface area contributed by atoms with Crippen molar-refractivity contribution in [2.75, 3.05) is 6.61 Å². The summed E-state index contributed by atoms with van der Waals surface area (Å²) < 4.78 is 18.4. The minimum Gasteiger partial charge on any atom is -0.461 e. The largest absolute Gasteiger partial charge is 0.461 e. The normalized spacial score (nSPS) is 10.4. The topological polar surface area (TPSA) is 52.1 Å². The summed E-state index contributed by atoms with van der Waals surface area (Å²) in [6, 6.07) is 1.53. The molecule has 18 heavy (non-hydrogen) atoms. The molecule has 0 saturated carbocycles. The van der Waals surface area contributed by atoms with E-state index in [4.69, 9.17) is 4.74 Å². The van der Waals surface area contributed by atoms with E-state index in [0.29, 0.717) is 15.4 Å². The lowest BCUT2D eigenvalue weighted by Crippen LogP contribution is -2.06. The van der Waals surface area contributed by atoms with Gasteiger partial charge in [0.05, 0.1) is 12.8 Å². The summed E-state index contributed by atoms with van der Waals surface area (Å²) in [5, 5.41) is 0.454. The second-order valence-corrected chi connectivity index (χ2v) is 4.70. The molecule has 0 aliphatic rings. The first-order chi connectivity index (χ1) is 8.63. The first-order valence-corrected chi connectivity index (χ1v) is 6.19. The smallest absolute Gasteiger partial charge is 0.358 e. The number of thiazole rings is 1. The monoisotopic (exact) mass is 266 g/mol. The number of rotatable bonds is 3. The van der Waals surface area contributed by atoms with Crippen LogP contribution in [0.4, 0.5) is 4.39 Å². The quantitative estimate of drug-likeness (QED) is 0.802. The average Bonchev–Trinajstić information content (AvgIpc) is 2.72. The predicted molar refractivity (Wildman–Crippen MR) is 66.0 cm³/mol. The molecule has 0 fully saturated rings. The summed E-state index contributed by atoms with van der Waals surface area (Å²) in [7, 11) is 0.